The number of nitrogens with zero attached hydrogens (tertiary/aromatic N) is 2. The van der Waals surface area contributed by atoms with Crippen molar-refractivity contribution in [3.05, 3.63) is 23.4 Å². The summed E-state index contributed by atoms with van der Waals surface area (Å²) < 4.78 is 0. The molecule has 0 unspecified atom stereocenters. The van der Waals surface area contributed by atoms with Crippen molar-refractivity contribution in [2.24, 2.45) is 5.92 Å². The number of carbonyl (C=O) groups is 1. The van der Waals surface area contributed by atoms with Crippen molar-refractivity contribution in [2.75, 3.05) is 13.1 Å². The summed E-state index contributed by atoms with van der Waals surface area (Å²) in [7, 11) is 0. The van der Waals surface area contributed by atoms with Crippen LogP contribution in [0.5, 0.6) is 0 Å². The van der Waals surface area contributed by atoms with Crippen LogP contribution in [-0.4, -0.2) is 34.1 Å². The first kappa shape index (κ1) is 18.1. The summed E-state index contributed by atoms with van der Waals surface area (Å²) in [6, 6.07) is 5.76. The number of hydrogen-bond donors (Lipinski definition) is 0. The Labute approximate surface area is 154 Å². The van der Waals surface area contributed by atoms with Gasteiger partial charge in [0, 0.05) is 24.8 Å². The minimum atomic E-state index is 0.366. The quantitative estimate of drug-likeness (QED) is 0.673. The molecule has 2 fully saturated rings. The molecule has 1 saturated heterocycles. The smallest absolute Gasteiger partial charge is 0.222 e. The average molecular weight is 367 g/mol. The first-order valence-electron chi connectivity index (χ1n) is 9.28. The third-order valence-electron chi connectivity index (χ3n) is 5.26. The molecule has 0 bridgehead atoms. The first-order chi connectivity index (χ1) is 11.7. The summed E-state index contributed by atoms with van der Waals surface area (Å²) in [6.07, 6.45) is 10.7. The zero-order valence-corrected chi connectivity index (χ0v) is 15.8. The van der Waals surface area contributed by atoms with Crippen molar-refractivity contribution >= 4 is 29.3 Å². The van der Waals surface area contributed by atoms with Crippen LogP contribution in [-0.2, 0) is 4.79 Å². The second-order valence-electron chi connectivity index (χ2n) is 7.04. The van der Waals surface area contributed by atoms with Gasteiger partial charge in [-0.1, -0.05) is 49.8 Å². The van der Waals surface area contributed by atoms with Crippen molar-refractivity contribution in [1.29, 1.82) is 0 Å². The largest absolute Gasteiger partial charge is 0.343 e. The highest BCUT2D eigenvalue weighted by Gasteiger charge is 2.24. The summed E-state index contributed by atoms with van der Waals surface area (Å²) in [5, 5.41) is 2.08. The van der Waals surface area contributed by atoms with Crippen LogP contribution >= 0.6 is 23.4 Å². The molecule has 3 rings (SSSR count). The Bertz CT molecular complexity index is 540. The van der Waals surface area contributed by atoms with Gasteiger partial charge in [0.05, 0.1) is 5.03 Å². The molecule has 2 heterocycles. The molecule has 0 N–H and O–H groups in total. The highest BCUT2D eigenvalue weighted by Crippen LogP contribution is 2.31. The molecule has 2 aliphatic rings. The number of likely N-dealkylation sites (tertiary alicyclic amines) is 1. The molecule has 1 saturated carbocycles. The lowest BCUT2D eigenvalue weighted by Crippen LogP contribution is -2.39. The van der Waals surface area contributed by atoms with Gasteiger partial charge in [0.15, 0.2) is 0 Å². The Hall–Kier alpha value is -0.740. The second-order valence-corrected chi connectivity index (χ2v) is 8.75. The van der Waals surface area contributed by atoms with E-state index in [2.05, 4.69) is 9.88 Å². The Morgan fingerprint density at radius 2 is 1.92 bits per heavy atom. The van der Waals surface area contributed by atoms with E-state index in [1.165, 1.54) is 32.1 Å². The van der Waals surface area contributed by atoms with Crippen molar-refractivity contribution in [3.8, 4) is 0 Å². The van der Waals surface area contributed by atoms with Gasteiger partial charge in [0.2, 0.25) is 5.91 Å². The summed E-state index contributed by atoms with van der Waals surface area (Å²) >= 11 is 7.74. The topological polar surface area (TPSA) is 33.2 Å². The lowest BCUT2D eigenvalue weighted by atomic mass is 9.86. The van der Waals surface area contributed by atoms with E-state index in [0.717, 1.165) is 49.7 Å². The number of amides is 1. The van der Waals surface area contributed by atoms with E-state index in [9.17, 15) is 4.79 Å². The third kappa shape index (κ3) is 5.38. The Morgan fingerprint density at radius 1 is 1.17 bits per heavy atom. The maximum Gasteiger partial charge on any atom is 0.222 e. The van der Waals surface area contributed by atoms with Crippen molar-refractivity contribution in [3.63, 3.8) is 0 Å². The lowest BCUT2D eigenvalue weighted by molar-refractivity contribution is -0.132. The minimum absolute atomic E-state index is 0.366. The van der Waals surface area contributed by atoms with Crippen molar-refractivity contribution in [1.82, 2.24) is 9.88 Å². The molecule has 1 aromatic heterocycles. The van der Waals surface area contributed by atoms with Gasteiger partial charge in [-0.25, -0.2) is 4.98 Å². The molecule has 3 nitrogen and oxygen atoms in total. The molecule has 24 heavy (non-hydrogen) atoms. The molecule has 1 amide bonds. The van der Waals surface area contributed by atoms with Gasteiger partial charge in [-0.2, -0.15) is 0 Å². The van der Waals surface area contributed by atoms with E-state index < -0.39 is 0 Å². The second kappa shape index (κ2) is 9.10. The highest BCUT2D eigenvalue weighted by molar-refractivity contribution is 7.99. The van der Waals surface area contributed by atoms with Crippen molar-refractivity contribution < 1.29 is 4.79 Å². The van der Waals surface area contributed by atoms with Crippen LogP contribution in [0.25, 0.3) is 0 Å². The highest BCUT2D eigenvalue weighted by atomic mass is 35.5. The summed E-state index contributed by atoms with van der Waals surface area (Å²) in [5.41, 5.74) is 0. The number of piperidine rings is 1. The maximum absolute atomic E-state index is 12.4. The first-order valence-corrected chi connectivity index (χ1v) is 10.5. The van der Waals surface area contributed by atoms with Gasteiger partial charge < -0.3 is 4.90 Å². The number of carbonyl (C=O) groups excluding carboxylic acids is 1. The van der Waals surface area contributed by atoms with Crippen LogP contribution in [0.1, 0.15) is 57.8 Å². The van der Waals surface area contributed by atoms with Crippen LogP contribution in [0.15, 0.2) is 23.2 Å². The fourth-order valence-corrected chi connectivity index (χ4v) is 5.12. The number of thioether (sulfide) groups is 1. The normalized spacial score (nSPS) is 20.3. The van der Waals surface area contributed by atoms with Crippen LogP contribution in [0.4, 0.5) is 0 Å². The zero-order chi connectivity index (χ0) is 16.8. The van der Waals surface area contributed by atoms with E-state index in [1.807, 2.05) is 12.1 Å². The van der Waals surface area contributed by atoms with Crippen LogP contribution < -0.4 is 0 Å². The molecular weight excluding hydrogens is 340 g/mol. The van der Waals surface area contributed by atoms with Crippen LogP contribution in [0.3, 0.4) is 0 Å². The van der Waals surface area contributed by atoms with Gasteiger partial charge in [-0.15, -0.1) is 11.8 Å². The van der Waals surface area contributed by atoms with Crippen LogP contribution in [0, 0.1) is 5.92 Å². The minimum Gasteiger partial charge on any atom is -0.343 e. The number of rotatable bonds is 5. The number of halogens is 1. The Kier molecular flexibility index (Phi) is 6.85. The maximum atomic E-state index is 12.4. The van der Waals surface area contributed by atoms with E-state index in [-0.39, 0.29) is 0 Å². The van der Waals surface area contributed by atoms with Gasteiger partial charge in [0.1, 0.15) is 5.15 Å². The average Bonchev–Trinajstić information content (AvgIpc) is 2.61. The molecule has 0 aromatic carbocycles. The van der Waals surface area contributed by atoms with E-state index in [0.29, 0.717) is 16.3 Å². The summed E-state index contributed by atoms with van der Waals surface area (Å²) in [5.74, 6) is 1.16. The Morgan fingerprint density at radius 3 is 2.62 bits per heavy atom. The molecular formula is C19H27ClN2OS. The molecule has 0 radical (unpaired) electrons. The zero-order valence-electron chi connectivity index (χ0n) is 14.3. The molecule has 0 spiro atoms. The van der Waals surface area contributed by atoms with Crippen LogP contribution in [0.2, 0.25) is 5.15 Å². The van der Waals surface area contributed by atoms with Gasteiger partial charge in [-0.3, -0.25) is 4.79 Å². The van der Waals surface area contributed by atoms with Crippen molar-refractivity contribution in [2.45, 2.75) is 68.1 Å². The molecule has 1 aromatic rings. The molecule has 0 atom stereocenters. The molecule has 1 aliphatic heterocycles. The van der Waals surface area contributed by atoms with E-state index in [4.69, 9.17) is 11.6 Å². The number of pyridine rings is 1. The lowest BCUT2D eigenvalue weighted by Gasteiger charge is -2.32. The predicted octanol–water partition coefficient (Wildman–Crippen LogP) is 5.18. The predicted molar refractivity (Wildman–Crippen MR) is 101 cm³/mol. The molecule has 132 valence electrons. The molecule has 1 aliphatic carbocycles. The third-order valence-corrected chi connectivity index (χ3v) is 6.75. The van der Waals surface area contributed by atoms with E-state index in [1.54, 1.807) is 17.8 Å². The standard InChI is InChI=1S/C19H27ClN2OS/c20-17-7-4-8-18(21-17)24-16-11-13-22(14-12-16)19(23)10-9-15-5-2-1-3-6-15/h4,7-8,15-16H,1-3,5-6,9-14H2. The number of hydrogen-bond acceptors (Lipinski definition) is 3. The molecule has 5 heteroatoms. The van der Waals surface area contributed by atoms with Gasteiger partial charge >= 0.3 is 0 Å². The summed E-state index contributed by atoms with van der Waals surface area (Å²) in [6.45, 7) is 1.78. The van der Waals surface area contributed by atoms with Gasteiger partial charge in [0.25, 0.3) is 0 Å². The fourth-order valence-electron chi connectivity index (χ4n) is 3.81. The number of aromatic nitrogens is 1. The monoisotopic (exact) mass is 366 g/mol. The summed E-state index contributed by atoms with van der Waals surface area (Å²) in [4.78, 5) is 18.9. The van der Waals surface area contributed by atoms with E-state index >= 15 is 0 Å². The fraction of sp³-hybridized carbons (Fsp3) is 0.684. The SMILES string of the molecule is O=C(CCC1CCCCC1)N1CCC(Sc2cccc(Cl)n2)CC1. The van der Waals surface area contributed by atoms with Gasteiger partial charge in [-0.05, 0) is 37.3 Å². The Balaban J connectivity index is 1.38.